The lowest BCUT2D eigenvalue weighted by Crippen LogP contribution is -1.98. The lowest BCUT2D eigenvalue weighted by atomic mass is 10.2. The zero-order valence-electron chi connectivity index (χ0n) is 8.91. The first-order chi connectivity index (χ1) is 7.36. The Balaban J connectivity index is 2.53. The number of nitrogens with zero attached hydrogens (tertiary/aromatic N) is 1. The summed E-state index contributed by atoms with van der Waals surface area (Å²) in [6.45, 7) is 5.12. The Labute approximate surface area is 88.2 Å². The van der Waals surface area contributed by atoms with Gasteiger partial charge in [0.05, 0.1) is 25.1 Å². The molecule has 0 unspecified atom stereocenters. The van der Waals surface area contributed by atoms with Crippen LogP contribution in [-0.2, 0) is 0 Å². The fourth-order valence-electron chi connectivity index (χ4n) is 1.52. The molecule has 0 spiro atoms. The average molecular weight is 206 g/mol. The third-order valence-electron chi connectivity index (χ3n) is 2.10. The van der Waals surface area contributed by atoms with E-state index in [4.69, 9.17) is 9.47 Å². The first-order valence-electron chi connectivity index (χ1n) is 5.08. The Morgan fingerprint density at radius 3 is 2.73 bits per heavy atom. The van der Waals surface area contributed by atoms with Crippen LogP contribution >= 0.6 is 0 Å². The lowest BCUT2D eigenvalue weighted by molar-refractivity contribution is 0.290. The Hall–Kier alpha value is -1.71. The minimum absolute atomic E-state index is 0.603. The Morgan fingerprint density at radius 2 is 2.00 bits per heavy atom. The van der Waals surface area contributed by atoms with Gasteiger partial charge in [0.15, 0.2) is 11.5 Å². The summed E-state index contributed by atoms with van der Waals surface area (Å²) in [5.41, 5.74) is 1.78. The first kappa shape index (κ1) is 9.83. The normalized spacial score (nSPS) is 10.5. The third-order valence-corrected chi connectivity index (χ3v) is 2.10. The maximum absolute atomic E-state index is 5.55. The molecule has 2 aromatic rings. The Kier molecular flexibility index (Phi) is 2.76. The van der Waals surface area contributed by atoms with E-state index in [1.165, 1.54) is 0 Å². The summed E-state index contributed by atoms with van der Waals surface area (Å²) < 4.78 is 11.0. The first-order valence-corrected chi connectivity index (χ1v) is 5.08. The van der Waals surface area contributed by atoms with Gasteiger partial charge in [-0.2, -0.15) is 0 Å². The maximum atomic E-state index is 5.55. The largest absolute Gasteiger partial charge is 0.490 e. The van der Waals surface area contributed by atoms with Gasteiger partial charge < -0.3 is 14.5 Å². The SMILES string of the molecule is CCOc1ccc2[nH]cnc2c1OCC. The van der Waals surface area contributed by atoms with Gasteiger partial charge in [0.2, 0.25) is 0 Å². The van der Waals surface area contributed by atoms with E-state index in [2.05, 4.69) is 9.97 Å². The predicted octanol–water partition coefficient (Wildman–Crippen LogP) is 2.36. The molecule has 0 aliphatic rings. The summed E-state index contributed by atoms with van der Waals surface area (Å²) in [4.78, 5) is 7.26. The van der Waals surface area contributed by atoms with Crippen molar-refractivity contribution in [1.82, 2.24) is 9.97 Å². The van der Waals surface area contributed by atoms with Gasteiger partial charge in [0.1, 0.15) is 5.52 Å². The number of H-pyrrole nitrogens is 1. The molecule has 4 heteroatoms. The molecule has 1 aromatic carbocycles. The van der Waals surface area contributed by atoms with Crippen molar-refractivity contribution in [2.75, 3.05) is 13.2 Å². The van der Waals surface area contributed by atoms with E-state index in [9.17, 15) is 0 Å². The van der Waals surface area contributed by atoms with Crippen LogP contribution in [0.15, 0.2) is 18.5 Å². The minimum atomic E-state index is 0.603. The van der Waals surface area contributed by atoms with Gasteiger partial charge in [-0.3, -0.25) is 0 Å². The van der Waals surface area contributed by atoms with Gasteiger partial charge in [0, 0.05) is 0 Å². The molecule has 1 heterocycles. The number of ether oxygens (including phenoxy) is 2. The number of rotatable bonds is 4. The molecule has 1 N–H and O–H groups in total. The molecule has 0 saturated carbocycles. The van der Waals surface area contributed by atoms with Crippen molar-refractivity contribution in [3.63, 3.8) is 0 Å². The predicted molar refractivity (Wildman–Crippen MR) is 58.4 cm³/mol. The number of aromatic nitrogens is 2. The summed E-state index contributed by atoms with van der Waals surface area (Å²) in [7, 11) is 0. The molecule has 0 atom stereocenters. The fraction of sp³-hybridized carbons (Fsp3) is 0.364. The summed E-state index contributed by atoms with van der Waals surface area (Å²) >= 11 is 0. The summed E-state index contributed by atoms with van der Waals surface area (Å²) in [6.07, 6.45) is 1.66. The number of aromatic amines is 1. The molecule has 0 bridgehead atoms. The Bertz CT molecular complexity index is 451. The zero-order valence-corrected chi connectivity index (χ0v) is 8.91. The van der Waals surface area contributed by atoms with Gasteiger partial charge in [-0.05, 0) is 26.0 Å². The number of hydrogen-bond acceptors (Lipinski definition) is 3. The second kappa shape index (κ2) is 4.21. The van der Waals surface area contributed by atoms with E-state index in [0.29, 0.717) is 13.2 Å². The highest BCUT2D eigenvalue weighted by atomic mass is 16.5. The van der Waals surface area contributed by atoms with E-state index in [1.807, 2.05) is 26.0 Å². The summed E-state index contributed by atoms with van der Waals surface area (Å²) in [5, 5.41) is 0. The average Bonchev–Trinajstić information content (AvgIpc) is 2.70. The molecule has 0 radical (unpaired) electrons. The van der Waals surface area contributed by atoms with E-state index in [0.717, 1.165) is 22.5 Å². The molecular formula is C11H14N2O2. The van der Waals surface area contributed by atoms with E-state index < -0.39 is 0 Å². The van der Waals surface area contributed by atoms with Crippen LogP contribution in [0, 0.1) is 0 Å². The second-order valence-corrected chi connectivity index (χ2v) is 3.06. The molecule has 0 saturated heterocycles. The number of benzene rings is 1. The van der Waals surface area contributed by atoms with Crippen molar-refractivity contribution in [3.05, 3.63) is 18.5 Å². The highest BCUT2D eigenvalue weighted by Crippen LogP contribution is 2.33. The zero-order chi connectivity index (χ0) is 10.7. The molecule has 0 fully saturated rings. The molecule has 0 amide bonds. The summed E-state index contributed by atoms with van der Waals surface area (Å²) in [6, 6.07) is 3.84. The van der Waals surface area contributed by atoms with Crippen molar-refractivity contribution < 1.29 is 9.47 Å². The Morgan fingerprint density at radius 1 is 1.20 bits per heavy atom. The smallest absolute Gasteiger partial charge is 0.189 e. The van der Waals surface area contributed by atoms with E-state index in [1.54, 1.807) is 6.33 Å². The molecule has 4 nitrogen and oxygen atoms in total. The number of nitrogens with one attached hydrogen (secondary N) is 1. The summed E-state index contributed by atoms with van der Waals surface area (Å²) in [5.74, 6) is 1.47. The van der Waals surface area contributed by atoms with Crippen LogP contribution in [0.1, 0.15) is 13.8 Å². The van der Waals surface area contributed by atoms with Crippen molar-refractivity contribution in [2.45, 2.75) is 13.8 Å². The second-order valence-electron chi connectivity index (χ2n) is 3.06. The highest BCUT2D eigenvalue weighted by Gasteiger charge is 2.11. The molecule has 15 heavy (non-hydrogen) atoms. The van der Waals surface area contributed by atoms with Crippen LogP contribution in [0.4, 0.5) is 0 Å². The molecule has 0 aliphatic carbocycles. The van der Waals surface area contributed by atoms with Crippen LogP contribution < -0.4 is 9.47 Å². The standard InChI is InChI=1S/C11H14N2O2/c1-3-14-9-6-5-8-10(13-7-12-8)11(9)15-4-2/h5-7H,3-4H2,1-2H3,(H,12,13). The van der Waals surface area contributed by atoms with E-state index in [-0.39, 0.29) is 0 Å². The number of hydrogen-bond donors (Lipinski definition) is 1. The molecule has 2 rings (SSSR count). The van der Waals surface area contributed by atoms with Crippen molar-refractivity contribution in [1.29, 1.82) is 0 Å². The minimum Gasteiger partial charge on any atom is -0.490 e. The van der Waals surface area contributed by atoms with Crippen LogP contribution in [0.5, 0.6) is 11.5 Å². The van der Waals surface area contributed by atoms with Gasteiger partial charge in [-0.25, -0.2) is 4.98 Å². The van der Waals surface area contributed by atoms with Gasteiger partial charge in [-0.1, -0.05) is 0 Å². The van der Waals surface area contributed by atoms with Crippen LogP contribution in [0.3, 0.4) is 0 Å². The fourth-order valence-corrected chi connectivity index (χ4v) is 1.52. The topological polar surface area (TPSA) is 47.1 Å². The van der Waals surface area contributed by atoms with Crippen LogP contribution in [-0.4, -0.2) is 23.2 Å². The van der Waals surface area contributed by atoms with Gasteiger partial charge in [0.25, 0.3) is 0 Å². The van der Waals surface area contributed by atoms with E-state index >= 15 is 0 Å². The van der Waals surface area contributed by atoms with Crippen LogP contribution in [0.25, 0.3) is 11.0 Å². The monoisotopic (exact) mass is 206 g/mol. The quantitative estimate of drug-likeness (QED) is 0.835. The van der Waals surface area contributed by atoms with Crippen molar-refractivity contribution >= 4 is 11.0 Å². The van der Waals surface area contributed by atoms with Crippen molar-refractivity contribution in [3.8, 4) is 11.5 Å². The van der Waals surface area contributed by atoms with Gasteiger partial charge in [-0.15, -0.1) is 0 Å². The molecule has 0 aliphatic heterocycles. The number of fused-ring (bicyclic) bond motifs is 1. The third kappa shape index (κ3) is 1.75. The number of imidazole rings is 1. The highest BCUT2D eigenvalue weighted by molar-refractivity contribution is 5.84. The van der Waals surface area contributed by atoms with Crippen LogP contribution in [0.2, 0.25) is 0 Å². The molecule has 80 valence electrons. The van der Waals surface area contributed by atoms with Gasteiger partial charge >= 0.3 is 0 Å². The molecular weight excluding hydrogens is 192 g/mol. The molecule has 1 aromatic heterocycles. The lowest BCUT2D eigenvalue weighted by Gasteiger charge is -2.10. The maximum Gasteiger partial charge on any atom is 0.189 e. The van der Waals surface area contributed by atoms with Crippen molar-refractivity contribution in [2.24, 2.45) is 0 Å².